The van der Waals surface area contributed by atoms with E-state index in [1.807, 2.05) is 0 Å². The van der Waals surface area contributed by atoms with Gasteiger partial charge in [0.25, 0.3) is 0 Å². The predicted molar refractivity (Wildman–Crippen MR) is 115 cm³/mol. The van der Waals surface area contributed by atoms with Crippen LogP contribution in [0.2, 0.25) is 0 Å². The minimum atomic E-state index is -0.267. The molecule has 0 bridgehead atoms. The topological polar surface area (TPSA) is 65.2 Å². The van der Waals surface area contributed by atoms with Gasteiger partial charge in [0.1, 0.15) is 15.8 Å². The van der Waals surface area contributed by atoms with Crippen molar-refractivity contribution in [1.29, 1.82) is 0 Å². The van der Waals surface area contributed by atoms with Crippen LogP contribution in [0.3, 0.4) is 0 Å². The third-order valence-corrected chi connectivity index (χ3v) is 7.92. The number of esters is 1. The van der Waals surface area contributed by atoms with Gasteiger partial charge in [-0.15, -0.1) is 22.7 Å². The maximum atomic E-state index is 12.8. The Labute approximate surface area is 172 Å². The van der Waals surface area contributed by atoms with Crippen molar-refractivity contribution in [2.75, 3.05) is 5.73 Å². The van der Waals surface area contributed by atoms with Crippen LogP contribution >= 0.6 is 22.7 Å². The first-order valence-electron chi connectivity index (χ1n) is 10.2. The number of carbonyl (C=O) groups excluding carboxylic acids is 1. The molecule has 2 N–H and O–H groups in total. The van der Waals surface area contributed by atoms with Gasteiger partial charge in [-0.1, -0.05) is 6.07 Å². The number of hydrogen-bond acceptors (Lipinski definition) is 6. The van der Waals surface area contributed by atoms with Crippen LogP contribution in [0.4, 0.5) is 5.69 Å². The summed E-state index contributed by atoms with van der Waals surface area (Å²) in [5.74, 6) is -0.267. The molecule has 28 heavy (non-hydrogen) atoms. The molecule has 0 aliphatic heterocycles. The first kappa shape index (κ1) is 18.1. The maximum Gasteiger partial charge on any atom is 0.350 e. The van der Waals surface area contributed by atoms with E-state index in [2.05, 4.69) is 17.5 Å². The molecule has 0 aromatic carbocycles. The van der Waals surface area contributed by atoms with Crippen LogP contribution in [0, 0.1) is 0 Å². The number of nitrogens with zero attached hydrogens (tertiary/aromatic N) is 1. The number of aryl methyl sites for hydroxylation is 1. The van der Waals surface area contributed by atoms with Gasteiger partial charge in [0.05, 0.1) is 11.4 Å². The number of pyridine rings is 1. The predicted octanol–water partition coefficient (Wildman–Crippen LogP) is 5.51. The Morgan fingerprint density at radius 1 is 1.18 bits per heavy atom. The molecule has 0 spiro atoms. The van der Waals surface area contributed by atoms with Crippen LogP contribution in [0.15, 0.2) is 17.5 Å². The van der Waals surface area contributed by atoms with Gasteiger partial charge in [-0.3, -0.25) is 0 Å². The van der Waals surface area contributed by atoms with E-state index in [0.29, 0.717) is 10.6 Å². The van der Waals surface area contributed by atoms with Crippen molar-refractivity contribution in [1.82, 2.24) is 4.98 Å². The van der Waals surface area contributed by atoms with E-state index in [4.69, 9.17) is 15.5 Å². The largest absolute Gasteiger partial charge is 0.458 e. The summed E-state index contributed by atoms with van der Waals surface area (Å²) >= 11 is 3.18. The first-order chi connectivity index (χ1) is 13.7. The van der Waals surface area contributed by atoms with E-state index in [1.165, 1.54) is 40.2 Å². The summed E-state index contributed by atoms with van der Waals surface area (Å²) in [6.07, 6.45) is 9.55. The maximum absolute atomic E-state index is 12.8. The number of hydrogen-bond donors (Lipinski definition) is 1. The molecule has 0 saturated heterocycles. The van der Waals surface area contributed by atoms with Gasteiger partial charge in [0.15, 0.2) is 0 Å². The molecule has 3 heterocycles. The molecule has 146 valence electrons. The van der Waals surface area contributed by atoms with Crippen LogP contribution < -0.4 is 5.73 Å². The van der Waals surface area contributed by atoms with Crippen LogP contribution in [0.5, 0.6) is 0 Å². The molecule has 0 radical (unpaired) electrons. The van der Waals surface area contributed by atoms with Crippen LogP contribution in [0.25, 0.3) is 10.2 Å². The van der Waals surface area contributed by atoms with E-state index in [1.54, 1.807) is 11.3 Å². The van der Waals surface area contributed by atoms with Gasteiger partial charge in [0.2, 0.25) is 0 Å². The minimum Gasteiger partial charge on any atom is -0.458 e. The number of ether oxygens (including phenoxy) is 1. The van der Waals surface area contributed by atoms with E-state index >= 15 is 0 Å². The van der Waals surface area contributed by atoms with Crippen molar-refractivity contribution in [3.63, 3.8) is 0 Å². The lowest BCUT2D eigenvalue weighted by atomic mass is 9.88. The molecule has 1 saturated carbocycles. The molecule has 3 aromatic heterocycles. The highest BCUT2D eigenvalue weighted by Crippen LogP contribution is 2.41. The van der Waals surface area contributed by atoms with Crippen LogP contribution in [-0.4, -0.2) is 17.1 Å². The Kier molecular flexibility index (Phi) is 4.85. The SMILES string of the molecule is Nc1c(C(=O)OC2CCCC2)sc2nc(Cc3cccs3)c3c(c12)CCCC3. The van der Waals surface area contributed by atoms with Crippen molar-refractivity contribution < 1.29 is 9.53 Å². The van der Waals surface area contributed by atoms with Crippen molar-refractivity contribution in [2.24, 2.45) is 0 Å². The molecule has 6 heteroatoms. The van der Waals surface area contributed by atoms with Gasteiger partial charge in [-0.2, -0.15) is 0 Å². The monoisotopic (exact) mass is 412 g/mol. The molecular weight excluding hydrogens is 388 g/mol. The van der Waals surface area contributed by atoms with E-state index in [9.17, 15) is 4.79 Å². The minimum absolute atomic E-state index is 0.0494. The second kappa shape index (κ2) is 7.48. The van der Waals surface area contributed by atoms with E-state index in [-0.39, 0.29) is 12.1 Å². The average molecular weight is 413 g/mol. The summed E-state index contributed by atoms with van der Waals surface area (Å²) in [6.45, 7) is 0. The fourth-order valence-corrected chi connectivity index (χ4v) is 6.32. The highest BCUT2D eigenvalue weighted by Gasteiger charge is 2.28. The second-order valence-corrected chi connectivity index (χ2v) is 9.85. The summed E-state index contributed by atoms with van der Waals surface area (Å²) in [4.78, 5) is 20.5. The summed E-state index contributed by atoms with van der Waals surface area (Å²) in [5, 5.41) is 3.12. The number of carbonyl (C=O) groups is 1. The summed E-state index contributed by atoms with van der Waals surface area (Å²) in [7, 11) is 0. The Morgan fingerprint density at radius 3 is 2.71 bits per heavy atom. The zero-order valence-corrected chi connectivity index (χ0v) is 17.5. The summed E-state index contributed by atoms with van der Waals surface area (Å²) in [5.41, 5.74) is 10.9. The molecule has 1 fully saturated rings. The third kappa shape index (κ3) is 3.22. The smallest absolute Gasteiger partial charge is 0.350 e. The molecule has 5 rings (SSSR count). The molecule has 0 unspecified atom stereocenters. The van der Waals surface area contributed by atoms with Crippen LogP contribution in [0.1, 0.15) is 69.9 Å². The van der Waals surface area contributed by atoms with E-state index in [0.717, 1.165) is 60.9 Å². The van der Waals surface area contributed by atoms with Crippen LogP contribution in [-0.2, 0) is 24.0 Å². The Bertz CT molecular complexity index is 1020. The Balaban J connectivity index is 1.57. The third-order valence-electron chi connectivity index (χ3n) is 5.96. The van der Waals surface area contributed by atoms with Crippen molar-refractivity contribution in [3.8, 4) is 0 Å². The molecule has 2 aliphatic carbocycles. The lowest BCUT2D eigenvalue weighted by molar-refractivity contribution is 0.0325. The molecule has 4 nitrogen and oxygen atoms in total. The molecular formula is C22H24N2O2S2. The Morgan fingerprint density at radius 2 is 1.96 bits per heavy atom. The number of nitrogens with two attached hydrogens (primary N) is 1. The highest BCUT2D eigenvalue weighted by atomic mass is 32.1. The summed E-state index contributed by atoms with van der Waals surface area (Å²) in [6, 6.07) is 4.25. The zero-order chi connectivity index (χ0) is 19.1. The number of fused-ring (bicyclic) bond motifs is 3. The number of nitrogen functional groups attached to an aromatic ring is 1. The normalized spacial score (nSPS) is 17.1. The highest BCUT2D eigenvalue weighted by molar-refractivity contribution is 7.21. The van der Waals surface area contributed by atoms with E-state index < -0.39 is 0 Å². The Hall–Kier alpha value is -1.92. The standard InChI is InChI=1S/C22H24N2O2S2/c23-19-18-16-10-4-3-9-15(16)17(12-14-8-5-11-27-14)24-21(18)28-20(19)22(25)26-13-6-1-2-7-13/h5,8,11,13H,1-4,6-7,9-10,12,23H2. The van der Waals surface area contributed by atoms with Gasteiger partial charge < -0.3 is 10.5 Å². The fraction of sp³-hybridized carbons (Fsp3) is 0.455. The molecule has 0 atom stereocenters. The van der Waals surface area contributed by atoms with Gasteiger partial charge >= 0.3 is 5.97 Å². The number of anilines is 1. The number of aromatic nitrogens is 1. The van der Waals surface area contributed by atoms with Gasteiger partial charge in [0, 0.05) is 16.7 Å². The molecule has 2 aliphatic rings. The van der Waals surface area contributed by atoms with Gasteiger partial charge in [-0.05, 0) is 73.9 Å². The molecule has 3 aromatic rings. The van der Waals surface area contributed by atoms with Crippen molar-refractivity contribution in [2.45, 2.75) is 63.9 Å². The number of rotatable bonds is 4. The lowest BCUT2D eigenvalue weighted by Crippen LogP contribution is -2.15. The van der Waals surface area contributed by atoms with Crippen molar-refractivity contribution in [3.05, 3.63) is 44.1 Å². The van der Waals surface area contributed by atoms with Gasteiger partial charge in [-0.25, -0.2) is 9.78 Å². The lowest BCUT2D eigenvalue weighted by Gasteiger charge is -2.20. The zero-order valence-electron chi connectivity index (χ0n) is 15.8. The quantitative estimate of drug-likeness (QED) is 0.574. The first-order valence-corrected chi connectivity index (χ1v) is 11.9. The molecule has 0 amide bonds. The average Bonchev–Trinajstić information content (AvgIpc) is 3.44. The number of thiophene rings is 2. The fourth-order valence-electron chi connectivity index (χ4n) is 4.58. The van der Waals surface area contributed by atoms with Crippen molar-refractivity contribution >= 4 is 44.5 Å². The second-order valence-electron chi connectivity index (χ2n) is 7.82. The summed E-state index contributed by atoms with van der Waals surface area (Å²) < 4.78 is 5.73.